The largest absolute Gasteiger partial charge is 0.454 e. The zero-order valence-electron chi connectivity index (χ0n) is 12.4. The van der Waals surface area contributed by atoms with Gasteiger partial charge in [-0.2, -0.15) is 0 Å². The van der Waals surface area contributed by atoms with Crippen molar-refractivity contribution in [2.45, 2.75) is 33.4 Å². The quantitative estimate of drug-likeness (QED) is 0.800. The Balaban J connectivity index is 2.13. The van der Waals surface area contributed by atoms with E-state index in [4.69, 9.17) is 4.74 Å². The van der Waals surface area contributed by atoms with Gasteiger partial charge < -0.3 is 10.1 Å². The van der Waals surface area contributed by atoms with Crippen molar-refractivity contribution in [2.24, 2.45) is 0 Å². The van der Waals surface area contributed by atoms with Crippen molar-refractivity contribution < 1.29 is 9.13 Å². The second-order valence-electron chi connectivity index (χ2n) is 5.31. The van der Waals surface area contributed by atoms with Crippen LogP contribution in [-0.2, 0) is 6.54 Å². The van der Waals surface area contributed by atoms with Crippen LogP contribution in [0, 0.1) is 12.7 Å². The number of hydrogen-bond donors (Lipinski definition) is 1. The molecule has 2 aromatic rings. The van der Waals surface area contributed by atoms with Gasteiger partial charge in [-0.15, -0.1) is 0 Å². The van der Waals surface area contributed by atoms with Crippen LogP contribution in [0.3, 0.4) is 0 Å². The number of halogens is 2. The minimum atomic E-state index is -0.347. The highest BCUT2D eigenvalue weighted by molar-refractivity contribution is 9.10. The summed E-state index contributed by atoms with van der Waals surface area (Å²) in [7, 11) is 0. The van der Waals surface area contributed by atoms with E-state index in [9.17, 15) is 4.39 Å². The molecular formula is C17H19BrFNO. The molecule has 0 spiro atoms. The standard InChI is InChI=1S/C17H19BrFNO/c1-11(2)20-10-13-4-6-17(15(19)9-13)21-16-7-5-14(18)8-12(16)3/h4-9,11,20H,10H2,1-3H3. The van der Waals surface area contributed by atoms with Crippen molar-refractivity contribution in [1.82, 2.24) is 5.32 Å². The van der Waals surface area contributed by atoms with Crippen LogP contribution in [0.25, 0.3) is 0 Å². The number of rotatable bonds is 5. The molecule has 0 radical (unpaired) electrons. The Morgan fingerprint density at radius 2 is 1.86 bits per heavy atom. The van der Waals surface area contributed by atoms with Gasteiger partial charge in [0.1, 0.15) is 5.75 Å². The van der Waals surface area contributed by atoms with E-state index >= 15 is 0 Å². The van der Waals surface area contributed by atoms with Gasteiger partial charge in [-0.1, -0.05) is 35.8 Å². The molecule has 0 saturated carbocycles. The van der Waals surface area contributed by atoms with E-state index in [-0.39, 0.29) is 11.6 Å². The molecule has 1 N–H and O–H groups in total. The summed E-state index contributed by atoms with van der Waals surface area (Å²) < 4.78 is 20.7. The van der Waals surface area contributed by atoms with E-state index in [1.165, 1.54) is 6.07 Å². The zero-order chi connectivity index (χ0) is 15.4. The van der Waals surface area contributed by atoms with Crippen LogP contribution in [0.15, 0.2) is 40.9 Å². The summed E-state index contributed by atoms with van der Waals surface area (Å²) in [4.78, 5) is 0. The molecule has 0 heterocycles. The van der Waals surface area contributed by atoms with Gasteiger partial charge in [0, 0.05) is 17.1 Å². The average Bonchev–Trinajstić information content (AvgIpc) is 2.42. The molecule has 2 rings (SSSR count). The Kier molecular flexibility index (Phi) is 5.37. The fourth-order valence-corrected chi connectivity index (χ4v) is 2.38. The molecule has 4 heteroatoms. The zero-order valence-corrected chi connectivity index (χ0v) is 14.0. The summed E-state index contributed by atoms with van der Waals surface area (Å²) in [6.45, 7) is 6.69. The number of nitrogens with one attached hydrogen (secondary N) is 1. The van der Waals surface area contributed by atoms with Crippen molar-refractivity contribution in [3.8, 4) is 11.5 Å². The predicted octanol–water partition coefficient (Wildman–Crippen LogP) is 5.19. The molecule has 21 heavy (non-hydrogen) atoms. The topological polar surface area (TPSA) is 21.3 Å². The molecule has 2 aromatic carbocycles. The second-order valence-corrected chi connectivity index (χ2v) is 6.23. The van der Waals surface area contributed by atoms with Crippen LogP contribution >= 0.6 is 15.9 Å². The van der Waals surface area contributed by atoms with Crippen LogP contribution in [-0.4, -0.2) is 6.04 Å². The third-order valence-electron chi connectivity index (χ3n) is 3.07. The van der Waals surface area contributed by atoms with E-state index in [0.717, 1.165) is 15.6 Å². The van der Waals surface area contributed by atoms with Gasteiger partial charge in [-0.25, -0.2) is 4.39 Å². The first-order chi connectivity index (χ1) is 9.95. The van der Waals surface area contributed by atoms with Gasteiger partial charge in [0.15, 0.2) is 11.6 Å². The monoisotopic (exact) mass is 351 g/mol. The lowest BCUT2D eigenvalue weighted by Crippen LogP contribution is -2.21. The first-order valence-electron chi connectivity index (χ1n) is 6.91. The third kappa shape index (κ3) is 4.55. The van der Waals surface area contributed by atoms with Gasteiger partial charge in [-0.05, 0) is 48.4 Å². The molecule has 0 bridgehead atoms. The maximum Gasteiger partial charge on any atom is 0.166 e. The smallest absolute Gasteiger partial charge is 0.166 e. The van der Waals surface area contributed by atoms with Crippen molar-refractivity contribution in [3.05, 3.63) is 57.8 Å². The van der Waals surface area contributed by atoms with Crippen molar-refractivity contribution in [1.29, 1.82) is 0 Å². The molecule has 0 aliphatic carbocycles. The number of benzene rings is 2. The first-order valence-corrected chi connectivity index (χ1v) is 7.71. The summed E-state index contributed by atoms with van der Waals surface area (Å²) in [6, 6.07) is 11.1. The van der Waals surface area contributed by atoms with Crippen molar-refractivity contribution in [2.75, 3.05) is 0 Å². The number of ether oxygens (including phenoxy) is 1. The normalized spacial score (nSPS) is 11.0. The third-order valence-corrected chi connectivity index (χ3v) is 3.56. The Hall–Kier alpha value is -1.39. The second kappa shape index (κ2) is 7.05. The Labute approximate surface area is 133 Å². The van der Waals surface area contributed by atoms with E-state index in [1.54, 1.807) is 6.07 Å². The Morgan fingerprint density at radius 1 is 1.14 bits per heavy atom. The average molecular weight is 352 g/mol. The highest BCUT2D eigenvalue weighted by Crippen LogP contribution is 2.29. The highest BCUT2D eigenvalue weighted by Gasteiger charge is 2.08. The fraction of sp³-hybridized carbons (Fsp3) is 0.294. The predicted molar refractivity (Wildman–Crippen MR) is 87.3 cm³/mol. The van der Waals surface area contributed by atoms with Crippen molar-refractivity contribution in [3.63, 3.8) is 0 Å². The molecule has 0 saturated heterocycles. The van der Waals surface area contributed by atoms with Crippen molar-refractivity contribution >= 4 is 15.9 Å². The summed E-state index contributed by atoms with van der Waals surface area (Å²) >= 11 is 3.40. The minimum Gasteiger partial charge on any atom is -0.454 e. The maximum atomic E-state index is 14.1. The lowest BCUT2D eigenvalue weighted by Gasteiger charge is -2.12. The first kappa shape index (κ1) is 16.0. The van der Waals surface area contributed by atoms with Crippen LogP contribution in [0.5, 0.6) is 11.5 Å². The van der Waals surface area contributed by atoms with E-state index < -0.39 is 0 Å². The van der Waals surface area contributed by atoms with Crippen LogP contribution in [0.1, 0.15) is 25.0 Å². The summed E-state index contributed by atoms with van der Waals surface area (Å²) in [5.74, 6) is 0.555. The molecule has 0 aliphatic heterocycles. The van der Waals surface area contributed by atoms with Gasteiger partial charge in [0.05, 0.1) is 0 Å². The molecule has 0 aliphatic rings. The number of hydrogen-bond acceptors (Lipinski definition) is 2. The molecule has 0 amide bonds. The summed E-state index contributed by atoms with van der Waals surface area (Å²) in [5.41, 5.74) is 1.86. The van der Waals surface area contributed by atoms with E-state index in [1.807, 2.05) is 31.2 Å². The minimum absolute atomic E-state index is 0.244. The highest BCUT2D eigenvalue weighted by atomic mass is 79.9. The van der Waals surface area contributed by atoms with E-state index in [0.29, 0.717) is 18.3 Å². The van der Waals surface area contributed by atoms with Gasteiger partial charge >= 0.3 is 0 Å². The SMILES string of the molecule is Cc1cc(Br)ccc1Oc1ccc(CNC(C)C)cc1F. The van der Waals surface area contributed by atoms with Gasteiger partial charge in [0.25, 0.3) is 0 Å². The number of aryl methyl sites for hydroxylation is 1. The molecule has 112 valence electrons. The molecule has 0 aromatic heterocycles. The Morgan fingerprint density at radius 3 is 2.48 bits per heavy atom. The molecule has 0 fully saturated rings. The molecule has 0 atom stereocenters. The van der Waals surface area contributed by atoms with Crippen LogP contribution < -0.4 is 10.1 Å². The molecular weight excluding hydrogens is 333 g/mol. The van der Waals surface area contributed by atoms with Crippen LogP contribution in [0.4, 0.5) is 4.39 Å². The Bertz CT molecular complexity index is 628. The summed E-state index contributed by atoms with van der Waals surface area (Å²) in [6.07, 6.45) is 0. The summed E-state index contributed by atoms with van der Waals surface area (Å²) in [5, 5.41) is 3.26. The maximum absolute atomic E-state index is 14.1. The van der Waals surface area contributed by atoms with E-state index in [2.05, 4.69) is 35.1 Å². The lowest BCUT2D eigenvalue weighted by atomic mass is 10.2. The molecule has 2 nitrogen and oxygen atoms in total. The fourth-order valence-electron chi connectivity index (χ4n) is 1.90. The van der Waals surface area contributed by atoms with Gasteiger partial charge in [0.2, 0.25) is 0 Å². The van der Waals surface area contributed by atoms with Gasteiger partial charge in [-0.3, -0.25) is 0 Å². The molecule has 0 unspecified atom stereocenters. The lowest BCUT2D eigenvalue weighted by molar-refractivity contribution is 0.438. The van der Waals surface area contributed by atoms with Crippen LogP contribution in [0.2, 0.25) is 0 Å².